The third-order valence-corrected chi connectivity index (χ3v) is 10.8. The van der Waals surface area contributed by atoms with E-state index in [9.17, 15) is 9.50 Å². The van der Waals surface area contributed by atoms with Gasteiger partial charge in [-0.15, -0.1) is 0 Å². The largest absolute Gasteiger partial charge is 0.390 e. The second-order valence-electron chi connectivity index (χ2n) is 12.7. The van der Waals surface area contributed by atoms with Crippen LogP contribution in [0.1, 0.15) is 105 Å². The van der Waals surface area contributed by atoms with E-state index in [0.29, 0.717) is 30.1 Å². The summed E-state index contributed by atoms with van der Waals surface area (Å²) in [4.78, 5) is 0. The van der Waals surface area contributed by atoms with Crippen molar-refractivity contribution in [3.8, 4) is 0 Å². The summed E-state index contributed by atoms with van der Waals surface area (Å²) in [5.41, 5.74) is 0.648. The Morgan fingerprint density at radius 2 is 1.66 bits per heavy atom. The molecule has 0 radical (unpaired) electrons. The molecule has 4 aliphatic rings. The molecule has 0 heterocycles. The fourth-order valence-electron chi connectivity index (χ4n) is 9.26. The first-order chi connectivity index (χ1) is 13.7. The Hall–Kier alpha value is -0.110. The van der Waals surface area contributed by atoms with Crippen molar-refractivity contribution < 1.29 is 9.50 Å². The molecule has 0 saturated heterocycles. The molecule has 4 rings (SSSR count). The van der Waals surface area contributed by atoms with Crippen LogP contribution < -0.4 is 0 Å². The van der Waals surface area contributed by atoms with E-state index in [2.05, 4.69) is 34.6 Å². The fraction of sp³-hybridized carbons (Fsp3) is 1.00. The molecule has 4 saturated carbocycles. The van der Waals surface area contributed by atoms with Gasteiger partial charge < -0.3 is 5.11 Å². The first-order valence-electron chi connectivity index (χ1n) is 13.0. The van der Waals surface area contributed by atoms with E-state index >= 15 is 0 Å². The maximum Gasteiger partial charge on any atom is 0.126 e. The van der Waals surface area contributed by atoms with Crippen LogP contribution in [0.4, 0.5) is 4.39 Å². The Balaban J connectivity index is 1.47. The topological polar surface area (TPSA) is 20.2 Å². The summed E-state index contributed by atoms with van der Waals surface area (Å²) in [6.07, 6.45) is 11.9. The maximum absolute atomic E-state index is 14.6. The summed E-state index contributed by atoms with van der Waals surface area (Å²) in [6.45, 7) is 12.3. The highest BCUT2D eigenvalue weighted by molar-refractivity contribution is 5.10. The van der Waals surface area contributed by atoms with Gasteiger partial charge >= 0.3 is 0 Å². The number of fused-ring (bicyclic) bond motifs is 5. The highest BCUT2D eigenvalue weighted by atomic mass is 19.1. The lowest BCUT2D eigenvalue weighted by atomic mass is 9.44. The molecule has 1 nitrogen and oxygen atoms in total. The minimum atomic E-state index is -0.999. The lowest BCUT2D eigenvalue weighted by molar-refractivity contribution is -0.147. The second-order valence-corrected chi connectivity index (χ2v) is 12.7. The van der Waals surface area contributed by atoms with Gasteiger partial charge in [0.1, 0.15) is 6.17 Å². The van der Waals surface area contributed by atoms with Crippen molar-refractivity contribution in [1.82, 2.24) is 0 Å². The zero-order valence-electron chi connectivity index (χ0n) is 19.8. The van der Waals surface area contributed by atoms with Crippen LogP contribution in [0.15, 0.2) is 0 Å². The van der Waals surface area contributed by atoms with Crippen molar-refractivity contribution in [1.29, 1.82) is 0 Å². The zero-order chi connectivity index (χ0) is 21.0. The summed E-state index contributed by atoms with van der Waals surface area (Å²) >= 11 is 0. The van der Waals surface area contributed by atoms with E-state index in [1.807, 2.05) is 0 Å². The Morgan fingerprint density at radius 1 is 0.931 bits per heavy atom. The number of alkyl halides is 1. The Labute approximate surface area is 179 Å². The van der Waals surface area contributed by atoms with Crippen molar-refractivity contribution in [3.05, 3.63) is 0 Å². The summed E-state index contributed by atoms with van der Waals surface area (Å²) < 4.78 is 14.6. The molecular formula is C27H47FO. The molecule has 0 aromatic rings. The van der Waals surface area contributed by atoms with Gasteiger partial charge in [-0.05, 0) is 104 Å². The summed E-state index contributed by atoms with van der Waals surface area (Å²) in [6, 6.07) is 0. The minimum absolute atomic E-state index is 0.129. The van der Waals surface area contributed by atoms with Crippen LogP contribution in [0.2, 0.25) is 0 Å². The van der Waals surface area contributed by atoms with Gasteiger partial charge in [-0.25, -0.2) is 4.39 Å². The molecule has 0 bridgehead atoms. The van der Waals surface area contributed by atoms with Crippen molar-refractivity contribution >= 4 is 0 Å². The van der Waals surface area contributed by atoms with Crippen LogP contribution >= 0.6 is 0 Å². The van der Waals surface area contributed by atoms with Gasteiger partial charge in [0.15, 0.2) is 0 Å². The lowest BCUT2D eigenvalue weighted by Gasteiger charge is -2.61. The average molecular weight is 407 g/mol. The van der Waals surface area contributed by atoms with Gasteiger partial charge in [-0.1, -0.05) is 53.9 Å². The number of hydrogen-bond donors (Lipinski definition) is 1. The van der Waals surface area contributed by atoms with Crippen LogP contribution in [0.25, 0.3) is 0 Å². The normalized spacial score (nSPS) is 50.7. The molecule has 4 fully saturated rings. The van der Waals surface area contributed by atoms with Crippen molar-refractivity contribution in [2.45, 2.75) is 118 Å². The van der Waals surface area contributed by atoms with Gasteiger partial charge in [-0.2, -0.15) is 0 Å². The summed E-state index contributed by atoms with van der Waals surface area (Å²) in [5.74, 6) is 5.49. The van der Waals surface area contributed by atoms with Crippen LogP contribution in [0, 0.1) is 52.3 Å². The molecular weight excluding hydrogens is 359 g/mol. The van der Waals surface area contributed by atoms with Crippen LogP contribution in [-0.4, -0.2) is 17.4 Å². The monoisotopic (exact) mass is 406 g/mol. The molecule has 0 aliphatic heterocycles. The average Bonchev–Trinajstić information content (AvgIpc) is 3.00. The van der Waals surface area contributed by atoms with Crippen LogP contribution in [-0.2, 0) is 0 Å². The molecule has 10 atom stereocenters. The third-order valence-electron chi connectivity index (χ3n) is 10.8. The van der Waals surface area contributed by atoms with Crippen molar-refractivity contribution in [3.63, 3.8) is 0 Å². The predicted octanol–water partition coefficient (Wildman–Crippen LogP) is 7.42. The first-order valence-corrected chi connectivity index (χ1v) is 13.0. The molecule has 0 aromatic heterocycles. The Kier molecular flexibility index (Phi) is 6.17. The first kappa shape index (κ1) is 22.1. The van der Waals surface area contributed by atoms with Gasteiger partial charge in [0, 0.05) is 0 Å². The molecule has 0 unspecified atom stereocenters. The highest BCUT2D eigenvalue weighted by Gasteiger charge is 2.61. The SMILES string of the molecule is CC(C)CCC[C@@H](C)[C@H]1CC[C@H]2[C@@H]3CC[C@H]4C[C@H](O)[C@@H](F)C[C@]4(C)[C@H]3CC[C@]12C. The summed E-state index contributed by atoms with van der Waals surface area (Å²) in [7, 11) is 0. The fourth-order valence-corrected chi connectivity index (χ4v) is 9.26. The maximum atomic E-state index is 14.6. The molecule has 0 amide bonds. The van der Waals surface area contributed by atoms with E-state index in [-0.39, 0.29) is 5.41 Å². The van der Waals surface area contributed by atoms with Gasteiger partial charge in [0.25, 0.3) is 0 Å². The molecule has 2 heteroatoms. The number of aliphatic hydroxyl groups is 1. The van der Waals surface area contributed by atoms with Gasteiger partial charge in [0.05, 0.1) is 6.10 Å². The quantitative estimate of drug-likeness (QED) is 0.504. The molecule has 4 aliphatic carbocycles. The molecule has 29 heavy (non-hydrogen) atoms. The van der Waals surface area contributed by atoms with E-state index in [0.717, 1.165) is 29.6 Å². The van der Waals surface area contributed by atoms with Crippen molar-refractivity contribution in [2.75, 3.05) is 0 Å². The van der Waals surface area contributed by atoms with E-state index in [1.54, 1.807) is 0 Å². The smallest absolute Gasteiger partial charge is 0.126 e. The zero-order valence-corrected chi connectivity index (χ0v) is 19.8. The second kappa shape index (κ2) is 8.10. The Bertz CT molecular complexity index is 575. The number of rotatable bonds is 5. The summed E-state index contributed by atoms with van der Waals surface area (Å²) in [5, 5.41) is 10.1. The Morgan fingerprint density at radius 3 is 2.38 bits per heavy atom. The predicted molar refractivity (Wildman–Crippen MR) is 119 cm³/mol. The van der Waals surface area contributed by atoms with E-state index < -0.39 is 12.3 Å². The third kappa shape index (κ3) is 3.72. The van der Waals surface area contributed by atoms with Crippen LogP contribution in [0.3, 0.4) is 0 Å². The van der Waals surface area contributed by atoms with E-state index in [1.165, 1.54) is 57.8 Å². The van der Waals surface area contributed by atoms with E-state index in [4.69, 9.17) is 0 Å². The van der Waals surface area contributed by atoms with Crippen molar-refractivity contribution in [2.24, 2.45) is 52.3 Å². The standard InChI is InChI=1S/C27H47FO/c1-17(2)7-6-8-18(3)21-11-12-22-20-10-9-19-15-25(29)24(28)16-27(19,5)23(20)13-14-26(21,22)4/h17-25,29H,6-16H2,1-5H3/t18-,19+,20+,21-,22+,23+,24+,25+,26-,27+/m1/s1. The highest BCUT2D eigenvalue weighted by Crippen LogP contribution is 2.68. The molecule has 1 N–H and O–H groups in total. The molecule has 0 aromatic carbocycles. The minimum Gasteiger partial charge on any atom is -0.390 e. The molecule has 0 spiro atoms. The lowest BCUT2D eigenvalue weighted by Crippen LogP contribution is -2.56. The van der Waals surface area contributed by atoms with Gasteiger partial charge in [-0.3, -0.25) is 0 Å². The number of aliphatic hydroxyl groups excluding tert-OH is 1. The van der Waals surface area contributed by atoms with Gasteiger partial charge in [0.2, 0.25) is 0 Å². The number of hydrogen-bond acceptors (Lipinski definition) is 1. The van der Waals surface area contributed by atoms with Crippen LogP contribution in [0.5, 0.6) is 0 Å². The molecule has 168 valence electrons. The number of halogens is 1.